The molecule has 0 aliphatic carbocycles. The van der Waals surface area contributed by atoms with Crippen LogP contribution >= 0.6 is 0 Å². The Hall–Kier alpha value is -1.09. The molecule has 1 fully saturated rings. The van der Waals surface area contributed by atoms with Crippen LogP contribution in [-0.2, 0) is 0 Å². The van der Waals surface area contributed by atoms with Gasteiger partial charge in [-0.3, -0.25) is 0 Å². The van der Waals surface area contributed by atoms with Gasteiger partial charge in [0.2, 0.25) is 0 Å². The Morgan fingerprint density at radius 2 is 2.22 bits per heavy atom. The van der Waals surface area contributed by atoms with E-state index in [4.69, 9.17) is 0 Å². The highest BCUT2D eigenvalue weighted by molar-refractivity contribution is 5.49. The van der Waals surface area contributed by atoms with Gasteiger partial charge in [-0.15, -0.1) is 0 Å². The Morgan fingerprint density at radius 3 is 2.89 bits per heavy atom. The van der Waals surface area contributed by atoms with Crippen LogP contribution in [0.1, 0.15) is 25.8 Å². The van der Waals surface area contributed by atoms with Crippen LogP contribution < -0.4 is 10.2 Å². The van der Waals surface area contributed by atoms with Crippen molar-refractivity contribution in [2.75, 3.05) is 24.5 Å². The van der Waals surface area contributed by atoms with Gasteiger partial charge in [0.05, 0.1) is 5.69 Å². The van der Waals surface area contributed by atoms with E-state index >= 15 is 0 Å². The van der Waals surface area contributed by atoms with Crippen molar-refractivity contribution in [2.45, 2.75) is 33.2 Å². The molecular weight excluding hydrogens is 227 g/mol. The van der Waals surface area contributed by atoms with E-state index in [-0.39, 0.29) is 5.82 Å². The van der Waals surface area contributed by atoms with Gasteiger partial charge >= 0.3 is 0 Å². The minimum absolute atomic E-state index is 0.0903. The number of rotatable bonds is 4. The van der Waals surface area contributed by atoms with Crippen LogP contribution in [-0.4, -0.2) is 25.7 Å². The molecule has 1 saturated heterocycles. The lowest BCUT2D eigenvalue weighted by molar-refractivity contribution is 0.480. The van der Waals surface area contributed by atoms with Crippen LogP contribution in [0.3, 0.4) is 0 Å². The van der Waals surface area contributed by atoms with Crippen molar-refractivity contribution in [3.8, 4) is 0 Å². The summed E-state index contributed by atoms with van der Waals surface area (Å²) in [6.07, 6.45) is 1.15. The summed E-state index contributed by atoms with van der Waals surface area (Å²) in [4.78, 5) is 2.17. The summed E-state index contributed by atoms with van der Waals surface area (Å²) in [5.41, 5.74) is 1.74. The standard InChI is InChI=1S/C15H23FN2/c1-11(2)17-9-13-6-7-18(10-13)15-5-4-12(3)8-14(15)16/h4-5,8,11,13,17H,6-7,9-10H2,1-3H3. The molecule has 0 bridgehead atoms. The zero-order valence-electron chi connectivity index (χ0n) is 11.5. The molecule has 0 saturated carbocycles. The van der Waals surface area contributed by atoms with Gasteiger partial charge in [-0.25, -0.2) is 4.39 Å². The molecule has 3 heteroatoms. The molecule has 100 valence electrons. The van der Waals surface area contributed by atoms with Gasteiger partial charge in [0.15, 0.2) is 0 Å². The maximum absolute atomic E-state index is 13.9. The average molecular weight is 250 g/mol. The smallest absolute Gasteiger partial charge is 0.146 e. The monoisotopic (exact) mass is 250 g/mol. The Kier molecular flexibility index (Phi) is 4.23. The molecule has 1 unspecified atom stereocenters. The lowest BCUT2D eigenvalue weighted by Crippen LogP contribution is -2.30. The minimum Gasteiger partial charge on any atom is -0.369 e. The number of nitrogens with zero attached hydrogens (tertiary/aromatic N) is 1. The topological polar surface area (TPSA) is 15.3 Å². The van der Waals surface area contributed by atoms with Gasteiger partial charge in [0.1, 0.15) is 5.82 Å². The second-order valence-corrected chi connectivity index (χ2v) is 5.62. The number of hydrogen-bond donors (Lipinski definition) is 1. The molecule has 0 spiro atoms. The molecule has 1 aliphatic heterocycles. The van der Waals surface area contributed by atoms with E-state index in [0.717, 1.165) is 37.3 Å². The highest BCUT2D eigenvalue weighted by atomic mass is 19.1. The highest BCUT2D eigenvalue weighted by Gasteiger charge is 2.24. The molecule has 18 heavy (non-hydrogen) atoms. The van der Waals surface area contributed by atoms with E-state index in [2.05, 4.69) is 24.1 Å². The zero-order chi connectivity index (χ0) is 13.1. The third-order valence-corrected chi connectivity index (χ3v) is 3.54. The fourth-order valence-corrected chi connectivity index (χ4v) is 2.49. The Morgan fingerprint density at radius 1 is 1.44 bits per heavy atom. The predicted molar refractivity (Wildman–Crippen MR) is 74.6 cm³/mol. The molecule has 1 heterocycles. The van der Waals surface area contributed by atoms with Gasteiger partial charge in [0.25, 0.3) is 0 Å². The second-order valence-electron chi connectivity index (χ2n) is 5.62. The van der Waals surface area contributed by atoms with Crippen molar-refractivity contribution < 1.29 is 4.39 Å². The molecule has 0 radical (unpaired) electrons. The molecule has 1 atom stereocenters. The van der Waals surface area contributed by atoms with Crippen LogP contribution in [0.5, 0.6) is 0 Å². The van der Waals surface area contributed by atoms with Gasteiger partial charge in [-0.05, 0) is 43.5 Å². The van der Waals surface area contributed by atoms with Gasteiger partial charge in [-0.2, -0.15) is 0 Å². The van der Waals surface area contributed by atoms with E-state index in [1.807, 2.05) is 19.1 Å². The summed E-state index contributed by atoms with van der Waals surface area (Å²) in [7, 11) is 0. The van der Waals surface area contributed by atoms with Crippen molar-refractivity contribution in [1.29, 1.82) is 0 Å². The number of hydrogen-bond acceptors (Lipinski definition) is 2. The van der Waals surface area contributed by atoms with Crippen molar-refractivity contribution in [1.82, 2.24) is 5.32 Å². The highest BCUT2D eigenvalue weighted by Crippen LogP contribution is 2.26. The van der Waals surface area contributed by atoms with Gasteiger partial charge in [-0.1, -0.05) is 19.9 Å². The first-order chi connectivity index (χ1) is 8.56. The number of halogens is 1. The molecule has 2 rings (SSSR count). The average Bonchev–Trinajstić information content (AvgIpc) is 2.75. The summed E-state index contributed by atoms with van der Waals surface area (Å²) in [5.74, 6) is 0.542. The third kappa shape index (κ3) is 3.22. The summed E-state index contributed by atoms with van der Waals surface area (Å²) >= 11 is 0. The Balaban J connectivity index is 1.95. The maximum Gasteiger partial charge on any atom is 0.146 e. The number of benzene rings is 1. The SMILES string of the molecule is Cc1ccc(N2CCC(CNC(C)C)C2)c(F)c1. The number of aryl methyl sites for hydroxylation is 1. The van der Waals surface area contributed by atoms with E-state index in [1.54, 1.807) is 6.07 Å². The Bertz CT molecular complexity index is 403. The van der Waals surface area contributed by atoms with E-state index < -0.39 is 0 Å². The Labute approximate surface area is 109 Å². The third-order valence-electron chi connectivity index (χ3n) is 3.54. The number of anilines is 1. The maximum atomic E-state index is 13.9. The normalized spacial score (nSPS) is 19.8. The van der Waals surface area contributed by atoms with Crippen molar-refractivity contribution >= 4 is 5.69 Å². The summed E-state index contributed by atoms with van der Waals surface area (Å²) in [6.45, 7) is 9.19. The fourth-order valence-electron chi connectivity index (χ4n) is 2.49. The first-order valence-electron chi connectivity index (χ1n) is 6.80. The molecule has 0 aromatic heterocycles. The molecular formula is C15H23FN2. The van der Waals surface area contributed by atoms with Crippen molar-refractivity contribution in [2.24, 2.45) is 5.92 Å². The fraction of sp³-hybridized carbons (Fsp3) is 0.600. The van der Waals surface area contributed by atoms with Crippen molar-refractivity contribution in [3.63, 3.8) is 0 Å². The van der Waals surface area contributed by atoms with Crippen LogP contribution in [0, 0.1) is 18.7 Å². The molecule has 0 amide bonds. The quantitative estimate of drug-likeness (QED) is 0.884. The van der Waals surface area contributed by atoms with Crippen molar-refractivity contribution in [3.05, 3.63) is 29.6 Å². The van der Waals surface area contributed by atoms with Crippen LogP contribution in [0.2, 0.25) is 0 Å². The predicted octanol–water partition coefficient (Wildman–Crippen LogP) is 2.96. The largest absolute Gasteiger partial charge is 0.369 e. The zero-order valence-corrected chi connectivity index (χ0v) is 11.5. The number of nitrogens with one attached hydrogen (secondary N) is 1. The molecule has 1 aromatic rings. The lowest BCUT2D eigenvalue weighted by Gasteiger charge is -2.20. The summed E-state index contributed by atoms with van der Waals surface area (Å²) in [6, 6.07) is 6.03. The van der Waals surface area contributed by atoms with Gasteiger partial charge < -0.3 is 10.2 Å². The molecule has 1 aromatic carbocycles. The van der Waals surface area contributed by atoms with Crippen LogP contribution in [0.4, 0.5) is 10.1 Å². The van der Waals surface area contributed by atoms with E-state index in [0.29, 0.717) is 12.0 Å². The summed E-state index contributed by atoms with van der Waals surface area (Å²) < 4.78 is 13.9. The van der Waals surface area contributed by atoms with E-state index in [9.17, 15) is 4.39 Å². The van der Waals surface area contributed by atoms with Crippen LogP contribution in [0.15, 0.2) is 18.2 Å². The first-order valence-corrected chi connectivity index (χ1v) is 6.80. The van der Waals surface area contributed by atoms with E-state index in [1.165, 1.54) is 0 Å². The minimum atomic E-state index is -0.0903. The lowest BCUT2D eigenvalue weighted by atomic mass is 10.1. The molecule has 1 N–H and O–H groups in total. The molecule has 1 aliphatic rings. The summed E-state index contributed by atoms with van der Waals surface area (Å²) in [5, 5.41) is 3.46. The van der Waals surface area contributed by atoms with Crippen LogP contribution in [0.25, 0.3) is 0 Å². The molecule has 2 nitrogen and oxygen atoms in total. The van der Waals surface area contributed by atoms with Gasteiger partial charge in [0, 0.05) is 19.1 Å². The second kappa shape index (κ2) is 5.70. The first kappa shape index (κ1) is 13.3.